The van der Waals surface area contributed by atoms with Crippen LogP contribution >= 0.6 is 0 Å². The molecule has 2 aromatic heterocycles. The minimum atomic E-state index is -3.77. The van der Waals surface area contributed by atoms with Crippen LogP contribution in [-0.4, -0.2) is 40.3 Å². The van der Waals surface area contributed by atoms with Gasteiger partial charge >= 0.3 is 5.97 Å². The van der Waals surface area contributed by atoms with Crippen molar-refractivity contribution in [2.75, 3.05) is 6.54 Å². The topological polar surface area (TPSA) is 106 Å². The lowest BCUT2D eigenvalue weighted by Crippen LogP contribution is -2.30. The Morgan fingerprint density at radius 2 is 2.00 bits per heavy atom. The van der Waals surface area contributed by atoms with Gasteiger partial charge in [0.05, 0.1) is 0 Å². The lowest BCUT2D eigenvalue weighted by atomic mass is 10.1. The van der Waals surface area contributed by atoms with E-state index in [-0.39, 0.29) is 23.7 Å². The van der Waals surface area contributed by atoms with Crippen LogP contribution in [0, 0.1) is 0 Å². The van der Waals surface area contributed by atoms with Crippen molar-refractivity contribution in [3.8, 4) is 0 Å². The van der Waals surface area contributed by atoms with Crippen LogP contribution in [-0.2, 0) is 16.6 Å². The molecule has 0 aliphatic carbocycles. The average molecular weight is 347 g/mol. The Balaban J connectivity index is 1.89. The van der Waals surface area contributed by atoms with Crippen LogP contribution in [0.25, 0.3) is 10.9 Å². The number of fused-ring (bicyclic) bond motifs is 1. The van der Waals surface area contributed by atoms with Crippen molar-refractivity contribution in [2.45, 2.75) is 18.4 Å². The summed E-state index contributed by atoms with van der Waals surface area (Å²) in [5, 5.41) is 9.94. The second kappa shape index (κ2) is 6.14. The maximum Gasteiger partial charge on any atom is 0.352 e. The highest BCUT2D eigenvalue weighted by Gasteiger charge is 2.25. The first-order chi connectivity index (χ1) is 11.4. The molecule has 0 saturated heterocycles. The fraction of sp³-hybridized carbons (Fsp3) is 0.188. The molecule has 8 heteroatoms. The number of carbonyl (C=O) groups is 1. The first-order valence-electron chi connectivity index (χ1n) is 7.39. The van der Waals surface area contributed by atoms with Crippen LogP contribution in [0.4, 0.5) is 0 Å². The monoisotopic (exact) mass is 347 g/mol. The molecule has 1 aromatic carbocycles. The van der Waals surface area contributed by atoms with Crippen LogP contribution in [0.2, 0.25) is 0 Å². The average Bonchev–Trinajstić information content (AvgIpc) is 3.20. The van der Waals surface area contributed by atoms with E-state index in [1.54, 1.807) is 6.92 Å². The van der Waals surface area contributed by atoms with Crippen molar-refractivity contribution in [1.29, 1.82) is 0 Å². The molecule has 0 fully saturated rings. The molecule has 7 nitrogen and oxygen atoms in total. The van der Waals surface area contributed by atoms with Crippen LogP contribution in [0.15, 0.2) is 47.6 Å². The second-order valence-corrected chi connectivity index (χ2v) is 7.32. The third kappa shape index (κ3) is 2.93. The molecule has 3 aromatic rings. The van der Waals surface area contributed by atoms with E-state index in [9.17, 15) is 13.2 Å². The van der Waals surface area contributed by atoms with Gasteiger partial charge in [-0.15, -0.1) is 0 Å². The molecule has 24 heavy (non-hydrogen) atoms. The third-order valence-corrected chi connectivity index (χ3v) is 5.75. The van der Waals surface area contributed by atoms with Crippen molar-refractivity contribution in [3.05, 3.63) is 54.0 Å². The fourth-order valence-electron chi connectivity index (χ4n) is 2.57. The predicted molar refractivity (Wildman–Crippen MR) is 89.3 cm³/mol. The number of carboxylic acid groups (broad SMARTS) is 1. The molecule has 0 unspecified atom stereocenters. The standard InChI is InChI=1S/C16H17N3O4S/c1-2-19(10-11-3-4-14-12(7-11)5-6-17-14)24(22,23)13-8-15(16(20)21)18-9-13/h3-9,17-18H,2,10H2,1H3,(H,20,21). The number of sulfonamides is 1. The van der Waals surface area contributed by atoms with Gasteiger partial charge in [-0.2, -0.15) is 4.31 Å². The van der Waals surface area contributed by atoms with Gasteiger partial charge in [-0.3, -0.25) is 0 Å². The second-order valence-electron chi connectivity index (χ2n) is 5.38. The van der Waals surface area contributed by atoms with E-state index in [2.05, 4.69) is 9.97 Å². The number of nitrogens with zero attached hydrogens (tertiary/aromatic N) is 1. The van der Waals surface area contributed by atoms with E-state index in [1.807, 2.05) is 30.5 Å². The van der Waals surface area contributed by atoms with E-state index in [0.29, 0.717) is 0 Å². The summed E-state index contributed by atoms with van der Waals surface area (Å²) < 4.78 is 26.8. The van der Waals surface area contributed by atoms with Gasteiger partial charge in [0.25, 0.3) is 0 Å². The summed E-state index contributed by atoms with van der Waals surface area (Å²) in [6.45, 7) is 2.24. The molecule has 0 aliphatic heterocycles. The van der Waals surface area contributed by atoms with Gasteiger partial charge in [-0.1, -0.05) is 13.0 Å². The van der Waals surface area contributed by atoms with Gasteiger partial charge in [-0.05, 0) is 35.2 Å². The minimum Gasteiger partial charge on any atom is -0.477 e. The SMILES string of the molecule is CCN(Cc1ccc2[nH]ccc2c1)S(=O)(=O)c1c[nH]c(C(=O)O)c1. The summed E-state index contributed by atoms with van der Waals surface area (Å²) in [6.07, 6.45) is 3.03. The first-order valence-corrected chi connectivity index (χ1v) is 8.83. The number of aromatic nitrogens is 2. The van der Waals surface area contributed by atoms with Crippen LogP contribution in [0.3, 0.4) is 0 Å². The zero-order valence-electron chi connectivity index (χ0n) is 13.0. The number of aromatic carboxylic acids is 1. The predicted octanol–water partition coefficient (Wildman–Crippen LogP) is 2.41. The Kier molecular flexibility index (Phi) is 4.16. The van der Waals surface area contributed by atoms with E-state index >= 15 is 0 Å². The number of H-pyrrole nitrogens is 2. The molecular weight excluding hydrogens is 330 g/mol. The van der Waals surface area contributed by atoms with Crippen molar-refractivity contribution < 1.29 is 18.3 Å². The Bertz CT molecular complexity index is 988. The number of nitrogens with one attached hydrogen (secondary N) is 2. The fourth-order valence-corrected chi connectivity index (χ4v) is 4.00. The van der Waals surface area contributed by atoms with Crippen molar-refractivity contribution in [1.82, 2.24) is 14.3 Å². The molecule has 0 amide bonds. The number of hydrogen-bond donors (Lipinski definition) is 3. The highest BCUT2D eigenvalue weighted by Crippen LogP contribution is 2.21. The van der Waals surface area contributed by atoms with Gasteiger partial charge < -0.3 is 15.1 Å². The zero-order chi connectivity index (χ0) is 17.3. The number of carboxylic acids is 1. The molecule has 2 heterocycles. The van der Waals surface area contributed by atoms with Gasteiger partial charge in [0.1, 0.15) is 10.6 Å². The maximum absolute atomic E-state index is 12.7. The first kappa shape index (κ1) is 16.3. The molecule has 0 atom stereocenters. The Labute approximate surface area is 139 Å². The number of benzene rings is 1. The highest BCUT2D eigenvalue weighted by atomic mass is 32.2. The number of rotatable bonds is 6. The summed E-state index contributed by atoms with van der Waals surface area (Å²) in [6, 6.07) is 8.77. The van der Waals surface area contributed by atoms with Gasteiger partial charge in [0, 0.05) is 31.0 Å². The lowest BCUT2D eigenvalue weighted by Gasteiger charge is -2.20. The molecule has 0 saturated carbocycles. The maximum atomic E-state index is 12.7. The molecule has 0 spiro atoms. The summed E-state index contributed by atoms with van der Waals surface area (Å²) in [5.74, 6) is -1.20. The largest absolute Gasteiger partial charge is 0.477 e. The van der Waals surface area contributed by atoms with Gasteiger partial charge in [0.15, 0.2) is 0 Å². The minimum absolute atomic E-state index is 0.0514. The number of aromatic amines is 2. The van der Waals surface area contributed by atoms with E-state index in [0.717, 1.165) is 22.5 Å². The van der Waals surface area contributed by atoms with E-state index in [1.165, 1.54) is 10.5 Å². The van der Waals surface area contributed by atoms with Gasteiger partial charge in [0.2, 0.25) is 10.0 Å². The molecule has 0 bridgehead atoms. The normalized spacial score (nSPS) is 12.1. The van der Waals surface area contributed by atoms with Crippen LogP contribution in [0.1, 0.15) is 23.0 Å². The lowest BCUT2D eigenvalue weighted by molar-refractivity contribution is 0.0691. The Hall–Kier alpha value is -2.58. The van der Waals surface area contributed by atoms with Crippen LogP contribution in [0.5, 0.6) is 0 Å². The van der Waals surface area contributed by atoms with Crippen molar-refractivity contribution in [3.63, 3.8) is 0 Å². The Morgan fingerprint density at radius 1 is 1.21 bits per heavy atom. The van der Waals surface area contributed by atoms with Crippen LogP contribution < -0.4 is 0 Å². The molecular formula is C16H17N3O4S. The third-order valence-electron chi connectivity index (χ3n) is 3.85. The summed E-state index contributed by atoms with van der Waals surface area (Å²) >= 11 is 0. The molecule has 126 valence electrons. The van der Waals surface area contributed by atoms with Gasteiger partial charge in [-0.25, -0.2) is 13.2 Å². The summed E-state index contributed by atoms with van der Waals surface area (Å²) in [7, 11) is -3.77. The van der Waals surface area contributed by atoms with E-state index in [4.69, 9.17) is 5.11 Å². The van der Waals surface area contributed by atoms with E-state index < -0.39 is 16.0 Å². The number of hydrogen-bond acceptors (Lipinski definition) is 3. The molecule has 0 aliphatic rings. The summed E-state index contributed by atoms with van der Waals surface area (Å²) in [4.78, 5) is 16.4. The zero-order valence-corrected chi connectivity index (χ0v) is 13.8. The van der Waals surface area contributed by atoms with Crippen molar-refractivity contribution in [2.24, 2.45) is 0 Å². The summed E-state index contributed by atoms with van der Waals surface area (Å²) in [5.41, 5.74) is 1.70. The molecule has 3 rings (SSSR count). The molecule has 0 radical (unpaired) electrons. The highest BCUT2D eigenvalue weighted by molar-refractivity contribution is 7.89. The Morgan fingerprint density at radius 3 is 2.67 bits per heavy atom. The quantitative estimate of drug-likeness (QED) is 0.636. The smallest absolute Gasteiger partial charge is 0.352 e. The molecule has 3 N–H and O–H groups in total. The van der Waals surface area contributed by atoms with Crippen molar-refractivity contribution >= 4 is 26.9 Å².